The summed E-state index contributed by atoms with van der Waals surface area (Å²) in [5.74, 6) is -0.0363. The summed E-state index contributed by atoms with van der Waals surface area (Å²) in [6, 6.07) is 10.6. The fourth-order valence-corrected chi connectivity index (χ4v) is 5.78. The highest BCUT2D eigenvalue weighted by Gasteiger charge is 2.24. The number of hydrogen-bond acceptors (Lipinski definition) is 4. The highest BCUT2D eigenvalue weighted by atomic mass is 35.5. The van der Waals surface area contributed by atoms with Gasteiger partial charge in [-0.3, -0.25) is 4.79 Å². The summed E-state index contributed by atoms with van der Waals surface area (Å²) in [5.41, 5.74) is 0.948. The number of thiophene rings is 1. The predicted octanol–water partition coefficient (Wildman–Crippen LogP) is 4.22. The molecule has 0 aliphatic carbocycles. The molecular formula is C20H25ClN2O3S2. The minimum atomic E-state index is -3.43. The molecule has 8 heteroatoms. The molecule has 0 spiro atoms. The maximum Gasteiger partial charge on any atom is 0.243 e. The van der Waals surface area contributed by atoms with E-state index in [1.54, 1.807) is 28.6 Å². The zero-order valence-corrected chi connectivity index (χ0v) is 18.1. The van der Waals surface area contributed by atoms with E-state index in [-0.39, 0.29) is 5.91 Å². The van der Waals surface area contributed by atoms with E-state index < -0.39 is 10.0 Å². The van der Waals surface area contributed by atoms with Crippen LogP contribution < -0.4 is 5.32 Å². The van der Waals surface area contributed by atoms with Crippen molar-refractivity contribution in [3.05, 3.63) is 51.2 Å². The Kier molecular flexibility index (Phi) is 7.51. The zero-order chi connectivity index (χ0) is 20.0. The van der Waals surface area contributed by atoms with Crippen molar-refractivity contribution >= 4 is 38.9 Å². The van der Waals surface area contributed by atoms with E-state index >= 15 is 0 Å². The quantitative estimate of drug-likeness (QED) is 0.701. The minimum absolute atomic E-state index is 0.0363. The molecule has 1 amide bonds. The van der Waals surface area contributed by atoms with Crippen LogP contribution in [0.25, 0.3) is 0 Å². The van der Waals surface area contributed by atoms with E-state index in [0.29, 0.717) is 41.7 Å². The Morgan fingerprint density at radius 2 is 1.71 bits per heavy atom. The summed E-state index contributed by atoms with van der Waals surface area (Å²) >= 11 is 7.33. The number of rotatable bonds is 7. The summed E-state index contributed by atoms with van der Waals surface area (Å²) in [6.45, 7) is 1.67. The molecule has 28 heavy (non-hydrogen) atoms. The highest BCUT2D eigenvalue weighted by molar-refractivity contribution is 7.89. The molecule has 0 unspecified atom stereocenters. The first kappa shape index (κ1) is 21.3. The fourth-order valence-electron chi connectivity index (χ4n) is 3.24. The average molecular weight is 441 g/mol. The van der Waals surface area contributed by atoms with Crippen LogP contribution in [-0.2, 0) is 27.8 Å². The van der Waals surface area contributed by atoms with Crippen LogP contribution in [0.2, 0.25) is 4.34 Å². The molecule has 5 nitrogen and oxygen atoms in total. The molecule has 1 N–H and O–H groups in total. The molecule has 152 valence electrons. The molecule has 3 rings (SSSR count). The number of nitrogens with one attached hydrogen (secondary N) is 1. The van der Waals surface area contributed by atoms with Gasteiger partial charge in [-0.15, -0.1) is 11.3 Å². The van der Waals surface area contributed by atoms with Gasteiger partial charge in [0, 0.05) is 24.4 Å². The Morgan fingerprint density at radius 3 is 2.32 bits per heavy atom. The molecule has 1 fully saturated rings. The molecule has 0 saturated carbocycles. The van der Waals surface area contributed by atoms with Gasteiger partial charge >= 0.3 is 0 Å². The smallest absolute Gasteiger partial charge is 0.243 e. The van der Waals surface area contributed by atoms with Crippen LogP contribution in [-0.4, -0.2) is 31.7 Å². The van der Waals surface area contributed by atoms with Gasteiger partial charge in [0.15, 0.2) is 0 Å². The summed E-state index contributed by atoms with van der Waals surface area (Å²) in [4.78, 5) is 13.4. The van der Waals surface area contributed by atoms with Crippen molar-refractivity contribution < 1.29 is 13.2 Å². The Balaban J connectivity index is 1.51. The molecule has 2 aromatic rings. The van der Waals surface area contributed by atoms with Gasteiger partial charge in [-0.1, -0.05) is 36.6 Å². The van der Waals surface area contributed by atoms with Gasteiger partial charge in [-0.05, 0) is 49.1 Å². The van der Waals surface area contributed by atoms with Gasteiger partial charge in [0.1, 0.15) is 0 Å². The van der Waals surface area contributed by atoms with Crippen molar-refractivity contribution in [2.24, 2.45) is 0 Å². The van der Waals surface area contributed by atoms with Crippen molar-refractivity contribution in [2.75, 3.05) is 13.1 Å². The number of hydrogen-bond donors (Lipinski definition) is 1. The van der Waals surface area contributed by atoms with Gasteiger partial charge in [-0.25, -0.2) is 8.42 Å². The monoisotopic (exact) mass is 440 g/mol. The lowest BCUT2D eigenvalue weighted by molar-refractivity contribution is -0.121. The highest BCUT2D eigenvalue weighted by Crippen LogP contribution is 2.22. The van der Waals surface area contributed by atoms with E-state index in [2.05, 4.69) is 5.32 Å². The second-order valence-corrected chi connectivity index (χ2v) is 10.7. The summed E-state index contributed by atoms with van der Waals surface area (Å²) in [7, 11) is -3.43. The standard InChI is InChI=1S/C20H25ClN2O3S2/c21-19-11-8-17(27-19)15-22-20(24)12-7-16-5-9-18(10-6-16)28(25,26)23-13-3-1-2-4-14-23/h5-6,8-11H,1-4,7,12-15H2,(H,22,24). The largest absolute Gasteiger partial charge is 0.351 e. The number of nitrogens with zero attached hydrogens (tertiary/aromatic N) is 1. The Morgan fingerprint density at radius 1 is 1.04 bits per heavy atom. The maximum absolute atomic E-state index is 12.8. The van der Waals surface area contributed by atoms with Gasteiger partial charge in [-0.2, -0.15) is 4.31 Å². The van der Waals surface area contributed by atoms with Crippen LogP contribution in [0, 0.1) is 0 Å². The van der Waals surface area contributed by atoms with Gasteiger partial charge in [0.2, 0.25) is 15.9 Å². The van der Waals surface area contributed by atoms with Crippen LogP contribution in [0.4, 0.5) is 0 Å². The molecule has 2 heterocycles. The number of benzene rings is 1. The second-order valence-electron chi connectivity index (χ2n) is 6.94. The first-order chi connectivity index (χ1) is 13.4. The molecule has 1 aromatic carbocycles. The number of carbonyl (C=O) groups is 1. The summed E-state index contributed by atoms with van der Waals surface area (Å²) in [6.07, 6.45) is 4.95. The van der Waals surface area contributed by atoms with E-state index in [4.69, 9.17) is 11.6 Å². The van der Waals surface area contributed by atoms with Crippen LogP contribution in [0.1, 0.15) is 42.5 Å². The summed E-state index contributed by atoms with van der Waals surface area (Å²) in [5, 5.41) is 2.88. The number of aryl methyl sites for hydroxylation is 1. The SMILES string of the molecule is O=C(CCc1ccc(S(=O)(=O)N2CCCCCC2)cc1)NCc1ccc(Cl)s1. The molecular weight excluding hydrogens is 416 g/mol. The van der Waals surface area contributed by atoms with E-state index in [1.807, 2.05) is 12.1 Å². The first-order valence-corrected chi connectivity index (χ1v) is 12.2. The molecule has 1 saturated heterocycles. The lowest BCUT2D eigenvalue weighted by Crippen LogP contribution is -2.31. The lowest BCUT2D eigenvalue weighted by Gasteiger charge is -2.20. The number of sulfonamides is 1. The number of amides is 1. The number of carbonyl (C=O) groups excluding carboxylic acids is 1. The second kappa shape index (κ2) is 9.87. The van der Waals surface area contributed by atoms with Gasteiger partial charge in [0.25, 0.3) is 0 Å². The van der Waals surface area contributed by atoms with E-state index in [0.717, 1.165) is 36.1 Å². The predicted molar refractivity (Wildman–Crippen MR) is 113 cm³/mol. The topological polar surface area (TPSA) is 66.5 Å². The minimum Gasteiger partial charge on any atom is -0.351 e. The summed E-state index contributed by atoms with van der Waals surface area (Å²) < 4.78 is 27.9. The van der Waals surface area contributed by atoms with Crippen molar-refractivity contribution in [3.63, 3.8) is 0 Å². The first-order valence-electron chi connectivity index (χ1n) is 9.55. The van der Waals surface area contributed by atoms with Crippen LogP contribution >= 0.6 is 22.9 Å². The van der Waals surface area contributed by atoms with Crippen LogP contribution in [0.5, 0.6) is 0 Å². The molecule has 1 aliphatic heterocycles. The van der Waals surface area contributed by atoms with Crippen LogP contribution in [0.3, 0.4) is 0 Å². The van der Waals surface area contributed by atoms with Crippen molar-refractivity contribution in [2.45, 2.75) is 50.0 Å². The molecule has 1 aromatic heterocycles. The fraction of sp³-hybridized carbons (Fsp3) is 0.450. The van der Waals surface area contributed by atoms with Gasteiger partial charge < -0.3 is 5.32 Å². The number of halogens is 1. The molecule has 0 radical (unpaired) electrons. The van der Waals surface area contributed by atoms with E-state index in [1.165, 1.54) is 11.3 Å². The Hall–Kier alpha value is -1.41. The lowest BCUT2D eigenvalue weighted by atomic mass is 10.1. The van der Waals surface area contributed by atoms with Gasteiger partial charge in [0.05, 0.1) is 15.8 Å². The normalized spacial score (nSPS) is 15.9. The molecule has 1 aliphatic rings. The Bertz CT molecular complexity index is 886. The zero-order valence-electron chi connectivity index (χ0n) is 15.7. The Labute approximate surface area is 175 Å². The van der Waals surface area contributed by atoms with Crippen molar-refractivity contribution in [1.29, 1.82) is 0 Å². The third kappa shape index (κ3) is 5.80. The third-order valence-corrected chi connectivity index (χ3v) is 8.00. The average Bonchev–Trinajstić information content (AvgIpc) is 2.93. The molecule has 0 atom stereocenters. The van der Waals surface area contributed by atoms with Crippen molar-refractivity contribution in [3.8, 4) is 0 Å². The van der Waals surface area contributed by atoms with Crippen molar-refractivity contribution in [1.82, 2.24) is 9.62 Å². The molecule has 0 bridgehead atoms. The van der Waals surface area contributed by atoms with E-state index in [9.17, 15) is 13.2 Å². The maximum atomic E-state index is 12.8. The third-order valence-electron chi connectivity index (χ3n) is 4.86. The van der Waals surface area contributed by atoms with Crippen LogP contribution in [0.15, 0.2) is 41.3 Å².